The van der Waals surface area contributed by atoms with Crippen LogP contribution in [0.25, 0.3) is 0 Å². The van der Waals surface area contributed by atoms with Gasteiger partial charge in [0.2, 0.25) is 5.91 Å². The molecule has 1 amide bonds. The van der Waals surface area contributed by atoms with Gasteiger partial charge in [0.1, 0.15) is 0 Å². The van der Waals surface area contributed by atoms with Gasteiger partial charge in [-0.15, -0.1) is 0 Å². The molecule has 2 rings (SSSR count). The SMILES string of the molecule is C[C@H](NC(=O)C1CCCC1CN)C1CCCCC1. The summed E-state index contributed by atoms with van der Waals surface area (Å²) in [5.41, 5.74) is 5.76. The van der Waals surface area contributed by atoms with Crippen molar-refractivity contribution in [2.24, 2.45) is 23.5 Å². The zero-order chi connectivity index (χ0) is 13.0. The van der Waals surface area contributed by atoms with E-state index in [0.717, 1.165) is 19.3 Å². The molecule has 104 valence electrons. The van der Waals surface area contributed by atoms with Gasteiger partial charge < -0.3 is 11.1 Å². The Bertz CT molecular complexity index is 274. The zero-order valence-electron chi connectivity index (χ0n) is 11.7. The zero-order valence-corrected chi connectivity index (χ0v) is 11.7. The third-order valence-corrected chi connectivity index (χ3v) is 5.03. The van der Waals surface area contributed by atoms with Crippen molar-refractivity contribution < 1.29 is 4.79 Å². The van der Waals surface area contributed by atoms with Crippen LogP contribution >= 0.6 is 0 Å². The van der Waals surface area contributed by atoms with E-state index in [4.69, 9.17) is 5.73 Å². The van der Waals surface area contributed by atoms with Gasteiger partial charge in [0.15, 0.2) is 0 Å². The Hall–Kier alpha value is -0.570. The minimum Gasteiger partial charge on any atom is -0.353 e. The van der Waals surface area contributed by atoms with Crippen molar-refractivity contribution in [2.45, 2.75) is 64.3 Å². The van der Waals surface area contributed by atoms with E-state index in [9.17, 15) is 4.79 Å². The quantitative estimate of drug-likeness (QED) is 0.807. The fraction of sp³-hybridized carbons (Fsp3) is 0.933. The highest BCUT2D eigenvalue weighted by Crippen LogP contribution is 2.32. The third kappa shape index (κ3) is 3.25. The summed E-state index contributed by atoms with van der Waals surface area (Å²) in [6.45, 7) is 2.84. The standard InChI is InChI=1S/C15H28N2O/c1-11(12-6-3-2-4-7-12)17-15(18)14-9-5-8-13(14)10-16/h11-14H,2-10,16H2,1H3,(H,17,18)/t11-,13?,14?/m0/s1. The van der Waals surface area contributed by atoms with Crippen molar-refractivity contribution in [3.8, 4) is 0 Å². The lowest BCUT2D eigenvalue weighted by atomic mass is 9.84. The van der Waals surface area contributed by atoms with Gasteiger partial charge in [-0.1, -0.05) is 25.7 Å². The summed E-state index contributed by atoms with van der Waals surface area (Å²) >= 11 is 0. The first-order valence-corrected chi connectivity index (χ1v) is 7.72. The Kier molecular flexibility index (Phi) is 5.04. The predicted octanol–water partition coefficient (Wildman–Crippen LogP) is 2.45. The molecule has 0 spiro atoms. The molecule has 3 N–H and O–H groups in total. The van der Waals surface area contributed by atoms with E-state index in [1.807, 2.05) is 0 Å². The largest absolute Gasteiger partial charge is 0.353 e. The second-order valence-corrected chi connectivity index (χ2v) is 6.23. The Morgan fingerprint density at radius 3 is 2.56 bits per heavy atom. The summed E-state index contributed by atoms with van der Waals surface area (Å²) in [5.74, 6) is 1.56. The van der Waals surface area contributed by atoms with Crippen LogP contribution in [-0.4, -0.2) is 18.5 Å². The molecule has 2 unspecified atom stereocenters. The number of nitrogens with two attached hydrogens (primary N) is 1. The summed E-state index contributed by atoms with van der Waals surface area (Å²) in [6.07, 6.45) is 9.93. The van der Waals surface area contributed by atoms with Crippen molar-refractivity contribution in [3.63, 3.8) is 0 Å². The van der Waals surface area contributed by atoms with E-state index < -0.39 is 0 Å². The highest BCUT2D eigenvalue weighted by molar-refractivity contribution is 5.79. The first kappa shape index (κ1) is 13.9. The summed E-state index contributed by atoms with van der Waals surface area (Å²) in [7, 11) is 0. The molecule has 18 heavy (non-hydrogen) atoms. The maximum absolute atomic E-state index is 12.3. The van der Waals surface area contributed by atoms with Crippen molar-refractivity contribution in [1.29, 1.82) is 0 Å². The lowest BCUT2D eigenvalue weighted by molar-refractivity contribution is -0.127. The molecule has 2 aliphatic rings. The number of carbonyl (C=O) groups excluding carboxylic acids is 1. The Labute approximate surface area is 111 Å². The minimum absolute atomic E-state index is 0.182. The van der Waals surface area contributed by atoms with Gasteiger partial charge in [-0.05, 0) is 51.0 Å². The molecule has 0 aromatic rings. The fourth-order valence-corrected chi connectivity index (χ4v) is 3.75. The lowest BCUT2D eigenvalue weighted by Crippen LogP contribution is -2.43. The number of hydrogen-bond donors (Lipinski definition) is 2. The molecule has 3 heteroatoms. The van der Waals surface area contributed by atoms with Crippen LogP contribution in [0.1, 0.15) is 58.3 Å². The molecule has 0 bridgehead atoms. The normalized spacial score (nSPS) is 31.2. The monoisotopic (exact) mass is 252 g/mol. The maximum atomic E-state index is 12.3. The number of rotatable bonds is 4. The first-order chi connectivity index (χ1) is 8.72. The summed E-state index contributed by atoms with van der Waals surface area (Å²) in [4.78, 5) is 12.3. The number of hydrogen-bond acceptors (Lipinski definition) is 2. The molecule has 0 saturated heterocycles. The van der Waals surface area contributed by atoms with Gasteiger partial charge in [-0.3, -0.25) is 4.79 Å². The van der Waals surface area contributed by atoms with Crippen LogP contribution in [0.2, 0.25) is 0 Å². The van der Waals surface area contributed by atoms with Gasteiger partial charge in [0, 0.05) is 12.0 Å². The molecule has 0 aromatic carbocycles. The van der Waals surface area contributed by atoms with E-state index in [1.54, 1.807) is 0 Å². The molecule has 3 nitrogen and oxygen atoms in total. The Morgan fingerprint density at radius 2 is 1.89 bits per heavy atom. The average Bonchev–Trinajstić information content (AvgIpc) is 2.88. The van der Waals surface area contributed by atoms with E-state index in [0.29, 0.717) is 24.4 Å². The van der Waals surface area contributed by atoms with Gasteiger partial charge in [0.25, 0.3) is 0 Å². The topological polar surface area (TPSA) is 55.1 Å². The maximum Gasteiger partial charge on any atom is 0.223 e. The molecule has 2 fully saturated rings. The van der Waals surface area contributed by atoms with Gasteiger partial charge in [-0.25, -0.2) is 0 Å². The van der Waals surface area contributed by atoms with Crippen molar-refractivity contribution in [1.82, 2.24) is 5.32 Å². The smallest absolute Gasteiger partial charge is 0.223 e. The van der Waals surface area contributed by atoms with Crippen LogP contribution in [-0.2, 0) is 4.79 Å². The molecule has 0 aromatic heterocycles. The van der Waals surface area contributed by atoms with Crippen LogP contribution < -0.4 is 11.1 Å². The second-order valence-electron chi connectivity index (χ2n) is 6.23. The number of amides is 1. The van der Waals surface area contributed by atoms with Gasteiger partial charge in [0.05, 0.1) is 0 Å². The molecular formula is C15H28N2O. The average molecular weight is 252 g/mol. The molecule has 2 saturated carbocycles. The van der Waals surface area contributed by atoms with E-state index in [2.05, 4.69) is 12.2 Å². The Balaban J connectivity index is 1.82. The highest BCUT2D eigenvalue weighted by Gasteiger charge is 2.33. The predicted molar refractivity (Wildman–Crippen MR) is 74.1 cm³/mol. The van der Waals surface area contributed by atoms with E-state index in [1.165, 1.54) is 32.1 Å². The van der Waals surface area contributed by atoms with Gasteiger partial charge in [-0.2, -0.15) is 0 Å². The molecule has 0 aliphatic heterocycles. The third-order valence-electron chi connectivity index (χ3n) is 5.03. The molecule has 3 atom stereocenters. The first-order valence-electron chi connectivity index (χ1n) is 7.72. The summed E-state index contributed by atoms with van der Waals surface area (Å²) in [6, 6.07) is 0.344. The molecule has 2 aliphatic carbocycles. The summed E-state index contributed by atoms with van der Waals surface area (Å²) < 4.78 is 0. The molecular weight excluding hydrogens is 224 g/mol. The van der Waals surface area contributed by atoms with E-state index >= 15 is 0 Å². The number of carbonyl (C=O) groups is 1. The van der Waals surface area contributed by atoms with Crippen molar-refractivity contribution in [2.75, 3.05) is 6.54 Å². The van der Waals surface area contributed by atoms with E-state index in [-0.39, 0.29) is 11.8 Å². The van der Waals surface area contributed by atoms with Crippen LogP contribution in [0.4, 0.5) is 0 Å². The van der Waals surface area contributed by atoms with Crippen molar-refractivity contribution in [3.05, 3.63) is 0 Å². The van der Waals surface area contributed by atoms with Crippen LogP contribution in [0.15, 0.2) is 0 Å². The fourth-order valence-electron chi connectivity index (χ4n) is 3.75. The highest BCUT2D eigenvalue weighted by atomic mass is 16.2. The van der Waals surface area contributed by atoms with Crippen LogP contribution in [0, 0.1) is 17.8 Å². The lowest BCUT2D eigenvalue weighted by Gasteiger charge is -2.29. The molecule has 0 radical (unpaired) electrons. The van der Waals surface area contributed by atoms with Crippen molar-refractivity contribution >= 4 is 5.91 Å². The summed E-state index contributed by atoms with van der Waals surface area (Å²) in [5, 5.41) is 3.26. The minimum atomic E-state index is 0.182. The van der Waals surface area contributed by atoms with Gasteiger partial charge >= 0.3 is 0 Å². The second kappa shape index (κ2) is 6.55. The molecule has 0 heterocycles. The number of nitrogens with one attached hydrogen (secondary N) is 1. The Morgan fingerprint density at radius 1 is 1.17 bits per heavy atom. The van der Waals surface area contributed by atoms with Crippen LogP contribution in [0.5, 0.6) is 0 Å². The van der Waals surface area contributed by atoms with Crippen LogP contribution in [0.3, 0.4) is 0 Å².